The van der Waals surface area contributed by atoms with Crippen LogP contribution in [0.25, 0.3) is 6.08 Å². The van der Waals surface area contributed by atoms with Crippen LogP contribution in [0.3, 0.4) is 0 Å². The Morgan fingerprint density at radius 1 is 1.12 bits per heavy atom. The molecule has 0 aliphatic heterocycles. The number of ether oxygens (including phenoxy) is 1. The highest BCUT2D eigenvalue weighted by molar-refractivity contribution is 6.03. The Labute approximate surface area is 153 Å². The van der Waals surface area contributed by atoms with Crippen molar-refractivity contribution in [2.24, 2.45) is 0 Å². The summed E-state index contributed by atoms with van der Waals surface area (Å²) in [5.74, 6) is 1.14. The second kappa shape index (κ2) is 9.09. The number of terminal acetylenes is 1. The van der Waals surface area contributed by atoms with Gasteiger partial charge in [0.1, 0.15) is 5.70 Å². The third kappa shape index (κ3) is 5.25. The molecule has 0 bridgehead atoms. The molecule has 2 aromatic rings. The molecule has 26 heavy (non-hydrogen) atoms. The number of hydrogen-bond donors (Lipinski definition) is 1. The van der Waals surface area contributed by atoms with E-state index in [1.54, 1.807) is 36.4 Å². The second-order valence-corrected chi connectivity index (χ2v) is 5.64. The summed E-state index contributed by atoms with van der Waals surface area (Å²) in [6, 6.07) is 16.1. The van der Waals surface area contributed by atoms with Gasteiger partial charge in [0.15, 0.2) is 6.61 Å². The fourth-order valence-corrected chi connectivity index (χ4v) is 2.15. The van der Waals surface area contributed by atoms with Gasteiger partial charge >= 0.3 is 5.97 Å². The molecule has 1 N–H and O–H groups in total. The Kier molecular flexibility index (Phi) is 6.58. The molecule has 2 rings (SSSR count). The van der Waals surface area contributed by atoms with E-state index < -0.39 is 11.9 Å². The zero-order chi connectivity index (χ0) is 18.9. The maximum atomic E-state index is 12.4. The lowest BCUT2D eigenvalue weighted by atomic mass is 10.1. The van der Waals surface area contributed by atoms with Gasteiger partial charge in [-0.05, 0) is 35.9 Å². The molecule has 0 spiro atoms. The van der Waals surface area contributed by atoms with Crippen LogP contribution in [0.2, 0.25) is 0 Å². The van der Waals surface area contributed by atoms with E-state index in [0.29, 0.717) is 5.56 Å². The predicted molar refractivity (Wildman–Crippen MR) is 102 cm³/mol. The van der Waals surface area contributed by atoms with Crippen LogP contribution < -0.4 is 10.2 Å². The minimum atomic E-state index is -0.691. The van der Waals surface area contributed by atoms with Gasteiger partial charge in [0.25, 0.3) is 5.91 Å². The molecule has 5 heteroatoms. The lowest BCUT2D eigenvalue weighted by Crippen LogP contribution is -2.28. The molecule has 0 aliphatic rings. The molecule has 0 unspecified atom stereocenters. The first-order chi connectivity index (χ1) is 12.5. The summed E-state index contributed by atoms with van der Waals surface area (Å²) in [4.78, 5) is 26.6. The average molecular weight is 348 g/mol. The topological polar surface area (TPSA) is 58.6 Å². The van der Waals surface area contributed by atoms with Crippen molar-refractivity contribution >= 4 is 23.6 Å². The summed E-state index contributed by atoms with van der Waals surface area (Å²) < 4.78 is 4.96. The maximum Gasteiger partial charge on any atom is 0.355 e. The van der Waals surface area contributed by atoms with Gasteiger partial charge in [-0.1, -0.05) is 36.3 Å². The normalized spacial score (nSPS) is 10.6. The van der Waals surface area contributed by atoms with Crippen molar-refractivity contribution < 1.29 is 14.3 Å². The smallest absolute Gasteiger partial charge is 0.355 e. The Morgan fingerprint density at radius 3 is 2.35 bits per heavy atom. The fourth-order valence-electron chi connectivity index (χ4n) is 2.15. The lowest BCUT2D eigenvalue weighted by molar-refractivity contribution is -0.137. The van der Waals surface area contributed by atoms with Gasteiger partial charge in [0.2, 0.25) is 0 Å². The van der Waals surface area contributed by atoms with Gasteiger partial charge in [-0.2, -0.15) is 0 Å². The molecule has 0 aromatic heterocycles. The van der Waals surface area contributed by atoms with Crippen LogP contribution in [-0.2, 0) is 9.53 Å². The van der Waals surface area contributed by atoms with Gasteiger partial charge in [-0.3, -0.25) is 4.79 Å². The highest BCUT2D eigenvalue weighted by atomic mass is 16.5. The number of nitrogens with zero attached hydrogens (tertiary/aromatic N) is 1. The number of anilines is 1. The number of carbonyl (C=O) groups is 2. The molecule has 0 saturated carbocycles. The summed E-state index contributed by atoms with van der Waals surface area (Å²) in [6.07, 6.45) is 6.68. The summed E-state index contributed by atoms with van der Waals surface area (Å²) in [6.45, 7) is -0.170. The monoisotopic (exact) mass is 348 g/mol. The third-order valence-electron chi connectivity index (χ3n) is 3.51. The first kappa shape index (κ1) is 18.8. The van der Waals surface area contributed by atoms with Gasteiger partial charge in [0.05, 0.1) is 0 Å². The van der Waals surface area contributed by atoms with Gasteiger partial charge < -0.3 is 15.0 Å². The largest absolute Gasteiger partial charge is 0.448 e. The number of carbonyl (C=O) groups excluding carboxylic acids is 2. The van der Waals surface area contributed by atoms with Gasteiger partial charge in [-0.25, -0.2) is 4.79 Å². The van der Waals surface area contributed by atoms with E-state index in [1.165, 1.54) is 0 Å². The maximum absolute atomic E-state index is 12.4. The second-order valence-electron chi connectivity index (χ2n) is 5.64. The van der Waals surface area contributed by atoms with E-state index in [1.807, 2.05) is 43.3 Å². The van der Waals surface area contributed by atoms with Crippen LogP contribution >= 0.6 is 0 Å². The summed E-state index contributed by atoms with van der Waals surface area (Å²) in [5.41, 5.74) is 2.22. The molecular formula is C21H20N2O3. The predicted octanol–water partition coefficient (Wildman–Crippen LogP) is 2.70. The molecule has 132 valence electrons. The SMILES string of the molecule is C#CCOC(=O)/C(=C/c1ccc(N(C)C)cc1)NC(=O)c1ccccc1. The minimum Gasteiger partial charge on any atom is -0.448 e. The molecule has 0 saturated heterocycles. The minimum absolute atomic E-state index is 0.0201. The lowest BCUT2D eigenvalue weighted by Gasteiger charge is -2.12. The summed E-state index contributed by atoms with van der Waals surface area (Å²) in [7, 11) is 3.88. The van der Waals surface area contributed by atoms with Crippen molar-refractivity contribution in [2.75, 3.05) is 25.6 Å². The number of amides is 1. The Bertz CT molecular complexity index is 832. The van der Waals surface area contributed by atoms with E-state index in [4.69, 9.17) is 11.2 Å². The molecule has 0 fully saturated rings. The summed E-state index contributed by atoms with van der Waals surface area (Å²) >= 11 is 0. The number of benzene rings is 2. The molecule has 2 aromatic carbocycles. The van der Waals surface area contributed by atoms with Crippen molar-refractivity contribution in [3.63, 3.8) is 0 Å². The number of rotatable bonds is 6. The van der Waals surface area contributed by atoms with E-state index in [0.717, 1.165) is 11.3 Å². The molecule has 5 nitrogen and oxygen atoms in total. The van der Waals surface area contributed by atoms with Crippen molar-refractivity contribution in [1.82, 2.24) is 5.32 Å². The standard InChI is InChI=1S/C21H20N2O3/c1-4-14-26-21(25)19(22-20(24)17-8-6-5-7-9-17)15-16-10-12-18(13-11-16)23(2)3/h1,5-13,15H,14H2,2-3H3,(H,22,24)/b19-15-. The molecule has 1 amide bonds. The molecule has 0 heterocycles. The van der Waals surface area contributed by atoms with Crippen molar-refractivity contribution in [1.29, 1.82) is 0 Å². The first-order valence-electron chi connectivity index (χ1n) is 7.97. The first-order valence-corrected chi connectivity index (χ1v) is 7.97. The molecule has 0 atom stereocenters. The van der Waals surface area contributed by atoms with Crippen LogP contribution in [0.4, 0.5) is 5.69 Å². The van der Waals surface area contributed by atoms with Crippen LogP contribution in [0.15, 0.2) is 60.3 Å². The average Bonchev–Trinajstić information content (AvgIpc) is 2.66. The van der Waals surface area contributed by atoms with Crippen molar-refractivity contribution in [3.8, 4) is 12.3 Å². The summed E-state index contributed by atoms with van der Waals surface area (Å²) in [5, 5.41) is 2.60. The number of esters is 1. The van der Waals surface area contributed by atoms with Gasteiger partial charge in [-0.15, -0.1) is 6.42 Å². The number of hydrogen-bond acceptors (Lipinski definition) is 4. The Morgan fingerprint density at radius 2 is 1.77 bits per heavy atom. The Balaban J connectivity index is 2.26. The fraction of sp³-hybridized carbons (Fsp3) is 0.143. The zero-order valence-electron chi connectivity index (χ0n) is 14.7. The van der Waals surface area contributed by atoms with E-state index in [2.05, 4.69) is 11.2 Å². The van der Waals surface area contributed by atoms with Crippen LogP contribution in [0.5, 0.6) is 0 Å². The van der Waals surface area contributed by atoms with Gasteiger partial charge in [0, 0.05) is 25.3 Å². The van der Waals surface area contributed by atoms with Crippen LogP contribution in [0.1, 0.15) is 15.9 Å². The third-order valence-corrected chi connectivity index (χ3v) is 3.51. The van der Waals surface area contributed by atoms with Crippen molar-refractivity contribution in [3.05, 3.63) is 71.4 Å². The highest BCUT2D eigenvalue weighted by Gasteiger charge is 2.15. The molecule has 0 radical (unpaired) electrons. The van der Waals surface area contributed by atoms with Crippen LogP contribution in [-0.4, -0.2) is 32.6 Å². The quantitative estimate of drug-likeness (QED) is 0.495. The van der Waals surface area contributed by atoms with E-state index in [9.17, 15) is 9.59 Å². The highest BCUT2D eigenvalue weighted by Crippen LogP contribution is 2.15. The van der Waals surface area contributed by atoms with Crippen LogP contribution in [0, 0.1) is 12.3 Å². The Hall–Kier alpha value is -3.52. The van der Waals surface area contributed by atoms with Crippen molar-refractivity contribution in [2.45, 2.75) is 0 Å². The van der Waals surface area contributed by atoms with E-state index >= 15 is 0 Å². The number of nitrogens with one attached hydrogen (secondary N) is 1. The van der Waals surface area contributed by atoms with E-state index in [-0.39, 0.29) is 12.3 Å². The molecule has 0 aliphatic carbocycles. The zero-order valence-corrected chi connectivity index (χ0v) is 14.7. The molecular weight excluding hydrogens is 328 g/mol.